The standard InChI is InChI=1S/C27H23N3O2S/c1-18-15-16-30-26(20-9-12-22(13-10-20)33(3)31)25(29-27(30)28-18)21-11-14-24(32-2)23(17-21)19-7-5-4-6-8-19/h4-17H,1-3H3. The van der Waals surface area contributed by atoms with Crippen LogP contribution in [0.4, 0.5) is 0 Å². The number of nitrogens with zero attached hydrogens (tertiary/aromatic N) is 3. The van der Waals surface area contributed by atoms with E-state index in [1.54, 1.807) is 13.4 Å². The van der Waals surface area contributed by atoms with Crippen molar-refractivity contribution in [2.75, 3.05) is 13.4 Å². The van der Waals surface area contributed by atoms with Gasteiger partial charge in [0.05, 0.1) is 18.5 Å². The van der Waals surface area contributed by atoms with Gasteiger partial charge in [-0.3, -0.25) is 8.61 Å². The fraction of sp³-hybridized carbons (Fsp3) is 0.111. The Bertz CT molecular complexity index is 1480. The maximum Gasteiger partial charge on any atom is 0.235 e. The molecule has 5 nitrogen and oxygen atoms in total. The van der Waals surface area contributed by atoms with E-state index in [2.05, 4.69) is 23.2 Å². The molecule has 0 saturated carbocycles. The highest BCUT2D eigenvalue weighted by atomic mass is 32.2. The highest BCUT2D eigenvalue weighted by molar-refractivity contribution is 7.84. The third kappa shape index (κ3) is 3.94. The smallest absolute Gasteiger partial charge is 0.235 e. The maximum atomic E-state index is 11.9. The number of hydrogen-bond donors (Lipinski definition) is 0. The highest BCUT2D eigenvalue weighted by Crippen LogP contribution is 2.38. The molecule has 2 heterocycles. The third-order valence-corrected chi connectivity index (χ3v) is 6.59. The summed E-state index contributed by atoms with van der Waals surface area (Å²) in [5.41, 5.74) is 6.70. The van der Waals surface area contributed by atoms with Gasteiger partial charge >= 0.3 is 0 Å². The SMILES string of the molecule is COc1ccc(-c2nc3nc(C)ccn3c2-c2ccc(S(C)=O)cc2)cc1-c1ccccc1. The number of methoxy groups -OCH3 is 1. The normalized spacial score (nSPS) is 12.1. The van der Waals surface area contributed by atoms with Crippen LogP contribution in [0, 0.1) is 6.92 Å². The Hall–Kier alpha value is -3.77. The van der Waals surface area contributed by atoms with Gasteiger partial charge in [0.15, 0.2) is 0 Å². The molecule has 2 aromatic heterocycles. The van der Waals surface area contributed by atoms with Crippen LogP contribution in [0.5, 0.6) is 5.75 Å². The molecule has 33 heavy (non-hydrogen) atoms. The van der Waals surface area contributed by atoms with E-state index in [9.17, 15) is 4.21 Å². The molecule has 5 rings (SSSR count). The zero-order chi connectivity index (χ0) is 22.9. The van der Waals surface area contributed by atoms with E-state index in [0.29, 0.717) is 5.78 Å². The molecule has 0 radical (unpaired) electrons. The molecular formula is C27H23N3O2S. The van der Waals surface area contributed by atoms with E-state index in [4.69, 9.17) is 9.72 Å². The molecule has 0 amide bonds. The highest BCUT2D eigenvalue weighted by Gasteiger charge is 2.19. The number of ether oxygens (including phenoxy) is 1. The molecule has 0 bridgehead atoms. The largest absolute Gasteiger partial charge is 0.496 e. The number of imidazole rings is 1. The zero-order valence-corrected chi connectivity index (χ0v) is 19.5. The van der Waals surface area contributed by atoms with E-state index in [1.165, 1.54) is 0 Å². The van der Waals surface area contributed by atoms with Gasteiger partial charge in [0.1, 0.15) is 5.75 Å². The first-order valence-corrected chi connectivity index (χ1v) is 12.1. The van der Waals surface area contributed by atoms with Crippen molar-refractivity contribution in [2.45, 2.75) is 11.8 Å². The Kier molecular flexibility index (Phi) is 5.52. The van der Waals surface area contributed by atoms with E-state index >= 15 is 0 Å². The second-order valence-corrected chi connectivity index (χ2v) is 9.19. The predicted octanol–water partition coefficient (Wildman–Crippen LogP) is 5.78. The van der Waals surface area contributed by atoms with Gasteiger partial charge in [-0.05, 0) is 48.9 Å². The summed E-state index contributed by atoms with van der Waals surface area (Å²) >= 11 is 0. The van der Waals surface area contributed by atoms with Gasteiger partial charge in [0, 0.05) is 50.5 Å². The molecular weight excluding hydrogens is 430 g/mol. The van der Waals surface area contributed by atoms with Crippen molar-refractivity contribution >= 4 is 16.6 Å². The fourth-order valence-electron chi connectivity index (χ4n) is 4.00. The Balaban J connectivity index is 1.75. The van der Waals surface area contributed by atoms with Crippen molar-refractivity contribution in [1.82, 2.24) is 14.4 Å². The quantitative estimate of drug-likeness (QED) is 0.338. The molecule has 0 N–H and O–H groups in total. The Morgan fingerprint density at radius 3 is 2.27 bits per heavy atom. The van der Waals surface area contributed by atoms with Crippen molar-refractivity contribution < 1.29 is 8.95 Å². The van der Waals surface area contributed by atoms with Gasteiger partial charge < -0.3 is 4.74 Å². The van der Waals surface area contributed by atoms with E-state index < -0.39 is 10.8 Å². The summed E-state index contributed by atoms with van der Waals surface area (Å²) in [4.78, 5) is 10.4. The van der Waals surface area contributed by atoms with Crippen LogP contribution < -0.4 is 4.74 Å². The summed E-state index contributed by atoms with van der Waals surface area (Å²) in [5, 5.41) is 0. The molecule has 0 fully saturated rings. The minimum absolute atomic E-state index is 0.639. The number of benzene rings is 3. The van der Waals surface area contributed by atoms with Crippen LogP contribution in [-0.2, 0) is 10.8 Å². The number of aryl methyl sites for hydroxylation is 1. The van der Waals surface area contributed by atoms with Crippen molar-refractivity contribution in [3.8, 4) is 39.4 Å². The number of fused-ring (bicyclic) bond motifs is 1. The topological polar surface area (TPSA) is 56.5 Å². The summed E-state index contributed by atoms with van der Waals surface area (Å²) in [6.45, 7) is 1.96. The molecule has 0 saturated heterocycles. The molecule has 0 aliphatic heterocycles. The summed E-state index contributed by atoms with van der Waals surface area (Å²) in [6, 6.07) is 26.1. The van der Waals surface area contributed by atoms with Crippen molar-refractivity contribution in [3.05, 3.63) is 90.8 Å². The molecule has 1 atom stereocenters. The molecule has 1 unspecified atom stereocenters. The molecule has 0 aliphatic carbocycles. The van der Waals surface area contributed by atoms with Crippen LogP contribution in [-0.4, -0.2) is 31.9 Å². The molecule has 5 aromatic rings. The molecule has 164 valence electrons. The average Bonchev–Trinajstić information content (AvgIpc) is 3.22. The Morgan fingerprint density at radius 1 is 0.848 bits per heavy atom. The third-order valence-electron chi connectivity index (χ3n) is 5.65. The predicted molar refractivity (Wildman–Crippen MR) is 133 cm³/mol. The maximum absolute atomic E-state index is 11.9. The van der Waals surface area contributed by atoms with Crippen molar-refractivity contribution in [1.29, 1.82) is 0 Å². The second kappa shape index (κ2) is 8.64. The van der Waals surface area contributed by atoms with Gasteiger partial charge in [0.2, 0.25) is 5.78 Å². The zero-order valence-electron chi connectivity index (χ0n) is 18.6. The lowest BCUT2D eigenvalue weighted by Crippen LogP contribution is -1.94. The van der Waals surface area contributed by atoms with Gasteiger partial charge in [0.25, 0.3) is 0 Å². The van der Waals surface area contributed by atoms with Crippen molar-refractivity contribution in [3.63, 3.8) is 0 Å². The number of rotatable bonds is 5. The van der Waals surface area contributed by atoms with Gasteiger partial charge in [-0.1, -0.05) is 42.5 Å². The number of aromatic nitrogens is 3. The van der Waals surface area contributed by atoms with Crippen molar-refractivity contribution in [2.24, 2.45) is 0 Å². The summed E-state index contributed by atoms with van der Waals surface area (Å²) in [6.07, 6.45) is 3.68. The van der Waals surface area contributed by atoms with Gasteiger partial charge in [-0.2, -0.15) is 0 Å². The summed E-state index contributed by atoms with van der Waals surface area (Å²) < 4.78 is 19.5. The van der Waals surface area contributed by atoms with E-state index in [-0.39, 0.29) is 0 Å². The van der Waals surface area contributed by atoms with Crippen LogP contribution in [0.15, 0.2) is 90.0 Å². The first-order valence-electron chi connectivity index (χ1n) is 10.6. The summed E-state index contributed by atoms with van der Waals surface area (Å²) in [7, 11) is 0.652. The average molecular weight is 454 g/mol. The fourth-order valence-corrected chi connectivity index (χ4v) is 4.52. The van der Waals surface area contributed by atoms with Crippen LogP contribution in [0.25, 0.3) is 39.4 Å². The lowest BCUT2D eigenvalue weighted by Gasteiger charge is -2.12. The van der Waals surface area contributed by atoms with Crippen LogP contribution in [0.1, 0.15) is 5.69 Å². The summed E-state index contributed by atoms with van der Waals surface area (Å²) in [5.74, 6) is 1.44. The van der Waals surface area contributed by atoms with Gasteiger partial charge in [-0.15, -0.1) is 0 Å². The molecule has 0 aliphatic rings. The van der Waals surface area contributed by atoms with Crippen LogP contribution >= 0.6 is 0 Å². The lowest BCUT2D eigenvalue weighted by molar-refractivity contribution is 0.416. The second-order valence-electron chi connectivity index (χ2n) is 7.81. The first kappa shape index (κ1) is 21.1. The lowest BCUT2D eigenvalue weighted by atomic mass is 9.98. The number of hydrogen-bond acceptors (Lipinski definition) is 4. The Labute approximate surface area is 195 Å². The molecule has 0 spiro atoms. The first-order chi connectivity index (χ1) is 16.0. The molecule has 6 heteroatoms. The minimum Gasteiger partial charge on any atom is -0.496 e. The Morgan fingerprint density at radius 2 is 1.58 bits per heavy atom. The van der Waals surface area contributed by atoms with Gasteiger partial charge in [-0.25, -0.2) is 9.97 Å². The molecule has 3 aromatic carbocycles. The van der Waals surface area contributed by atoms with Crippen LogP contribution in [0.2, 0.25) is 0 Å². The minimum atomic E-state index is -1.03. The monoisotopic (exact) mass is 453 g/mol. The van der Waals surface area contributed by atoms with Crippen LogP contribution in [0.3, 0.4) is 0 Å². The van der Waals surface area contributed by atoms with E-state index in [1.807, 2.05) is 78.2 Å². The van der Waals surface area contributed by atoms with E-state index in [0.717, 1.165) is 50.0 Å².